The van der Waals surface area contributed by atoms with E-state index in [1.54, 1.807) is 65.0 Å². The summed E-state index contributed by atoms with van der Waals surface area (Å²) < 4.78 is 10.2. The quantitative estimate of drug-likeness (QED) is 0.492. The van der Waals surface area contributed by atoms with Crippen molar-refractivity contribution in [3.8, 4) is 0 Å². The normalized spacial score (nSPS) is 12.2. The lowest BCUT2D eigenvalue weighted by Crippen LogP contribution is -2.45. The highest BCUT2D eigenvalue weighted by Crippen LogP contribution is 2.18. The third kappa shape index (κ3) is 6.80. The van der Waals surface area contributed by atoms with Crippen molar-refractivity contribution in [3.05, 3.63) is 54.0 Å². The molecule has 1 atom stereocenters. The fourth-order valence-electron chi connectivity index (χ4n) is 2.49. The van der Waals surface area contributed by atoms with Crippen molar-refractivity contribution in [2.24, 2.45) is 11.3 Å². The lowest BCUT2D eigenvalue weighted by Gasteiger charge is -2.20. The molecular weight excluding hydrogens is 400 g/mol. The van der Waals surface area contributed by atoms with Crippen LogP contribution in [0.2, 0.25) is 0 Å². The van der Waals surface area contributed by atoms with Gasteiger partial charge in [-0.25, -0.2) is 4.79 Å². The van der Waals surface area contributed by atoms with Gasteiger partial charge < -0.3 is 19.8 Å². The smallest absolute Gasteiger partial charge is 0.329 e. The lowest BCUT2D eigenvalue weighted by molar-refractivity contribution is -0.146. The van der Waals surface area contributed by atoms with E-state index in [1.165, 1.54) is 12.3 Å². The number of anilines is 1. The summed E-state index contributed by atoms with van der Waals surface area (Å²) in [4.78, 5) is 49.0. The van der Waals surface area contributed by atoms with Gasteiger partial charge in [0, 0.05) is 16.7 Å². The summed E-state index contributed by atoms with van der Waals surface area (Å²) >= 11 is 0. The van der Waals surface area contributed by atoms with Gasteiger partial charge in [-0.15, -0.1) is 0 Å². The van der Waals surface area contributed by atoms with Gasteiger partial charge in [0.1, 0.15) is 6.04 Å². The van der Waals surface area contributed by atoms with Gasteiger partial charge in [-0.3, -0.25) is 14.4 Å². The van der Waals surface area contributed by atoms with Crippen LogP contribution in [0, 0.1) is 11.3 Å². The van der Waals surface area contributed by atoms with Crippen molar-refractivity contribution in [1.29, 1.82) is 0 Å². The number of rotatable bonds is 8. The molecule has 1 aromatic heterocycles. The molecule has 0 aliphatic carbocycles. The van der Waals surface area contributed by atoms with E-state index in [-0.39, 0.29) is 17.6 Å². The van der Waals surface area contributed by atoms with Crippen LogP contribution >= 0.6 is 0 Å². The molecule has 8 heteroatoms. The second kappa shape index (κ2) is 10.1. The molecule has 0 spiro atoms. The van der Waals surface area contributed by atoms with Gasteiger partial charge in [0.2, 0.25) is 5.91 Å². The molecule has 8 nitrogen and oxygen atoms in total. The van der Waals surface area contributed by atoms with Crippen LogP contribution in [0.1, 0.15) is 55.5 Å². The predicted molar refractivity (Wildman–Crippen MR) is 115 cm³/mol. The maximum atomic E-state index is 12.4. The van der Waals surface area contributed by atoms with Crippen LogP contribution in [0.25, 0.3) is 0 Å². The van der Waals surface area contributed by atoms with E-state index in [1.807, 2.05) is 0 Å². The third-order valence-corrected chi connectivity index (χ3v) is 4.44. The molecule has 2 N–H and O–H groups in total. The van der Waals surface area contributed by atoms with E-state index in [2.05, 4.69) is 10.6 Å². The Bertz CT molecular complexity index is 924. The van der Waals surface area contributed by atoms with Gasteiger partial charge in [-0.2, -0.15) is 0 Å². The van der Waals surface area contributed by atoms with Gasteiger partial charge in [0.25, 0.3) is 5.91 Å². The fraction of sp³-hybridized carbons (Fsp3) is 0.391. The van der Waals surface area contributed by atoms with Crippen LogP contribution in [-0.4, -0.2) is 36.2 Å². The molecule has 1 heterocycles. The van der Waals surface area contributed by atoms with Crippen molar-refractivity contribution in [3.63, 3.8) is 0 Å². The van der Waals surface area contributed by atoms with E-state index >= 15 is 0 Å². The molecule has 0 radical (unpaired) electrons. The molecular formula is C23H28N2O6. The molecule has 166 valence electrons. The molecule has 31 heavy (non-hydrogen) atoms. The summed E-state index contributed by atoms with van der Waals surface area (Å²) in [6.45, 7) is 8.44. The van der Waals surface area contributed by atoms with Crippen molar-refractivity contribution in [1.82, 2.24) is 5.32 Å². The minimum atomic E-state index is -0.930. The number of carbonyl (C=O) groups excluding carboxylic acids is 4. The number of nitrogens with one attached hydrogen (secondary N) is 2. The molecule has 0 saturated heterocycles. The number of hydrogen-bond donors (Lipinski definition) is 2. The Morgan fingerprint density at radius 3 is 2.19 bits per heavy atom. The molecule has 0 aliphatic rings. The first-order valence-electron chi connectivity index (χ1n) is 9.94. The van der Waals surface area contributed by atoms with Crippen LogP contribution in [0.5, 0.6) is 0 Å². The predicted octanol–water partition coefficient (Wildman–Crippen LogP) is 3.44. The maximum absolute atomic E-state index is 12.4. The standard InChI is InChI=1S/C23H28N2O6/c1-14(2)19(25-20(27)18-7-6-12-30-18)21(28)31-13-17(26)15-8-10-16(11-9-15)24-22(29)23(3,4)5/h6-12,14,19H,13H2,1-5H3,(H,24,29)(H,25,27)/t19-/m1/s1. The number of amides is 2. The summed E-state index contributed by atoms with van der Waals surface area (Å²) in [6.07, 6.45) is 1.36. The van der Waals surface area contributed by atoms with E-state index in [0.29, 0.717) is 11.3 Å². The highest BCUT2D eigenvalue weighted by molar-refractivity contribution is 6.00. The summed E-state index contributed by atoms with van der Waals surface area (Å²) in [5.74, 6) is -1.98. The number of benzene rings is 1. The first-order valence-corrected chi connectivity index (χ1v) is 9.94. The van der Waals surface area contributed by atoms with E-state index < -0.39 is 35.7 Å². The number of esters is 1. The molecule has 0 unspecified atom stereocenters. The average molecular weight is 428 g/mol. The van der Waals surface area contributed by atoms with Gasteiger partial charge in [0.15, 0.2) is 18.2 Å². The average Bonchev–Trinajstić information content (AvgIpc) is 3.24. The van der Waals surface area contributed by atoms with E-state index in [0.717, 1.165) is 0 Å². The Labute approximate surface area is 181 Å². The molecule has 2 aromatic rings. The van der Waals surface area contributed by atoms with Gasteiger partial charge in [-0.1, -0.05) is 34.6 Å². The maximum Gasteiger partial charge on any atom is 0.329 e. The largest absolute Gasteiger partial charge is 0.459 e. The molecule has 2 rings (SSSR count). The van der Waals surface area contributed by atoms with Crippen LogP contribution in [0.4, 0.5) is 5.69 Å². The second-order valence-electron chi connectivity index (χ2n) is 8.48. The zero-order valence-corrected chi connectivity index (χ0v) is 18.4. The lowest BCUT2D eigenvalue weighted by atomic mass is 9.95. The van der Waals surface area contributed by atoms with Gasteiger partial charge in [0.05, 0.1) is 6.26 Å². The number of ether oxygens (including phenoxy) is 1. The Hall–Kier alpha value is -3.42. The Kier molecular flexibility index (Phi) is 7.74. The van der Waals surface area contributed by atoms with Crippen LogP contribution in [0.3, 0.4) is 0 Å². The summed E-state index contributed by atoms with van der Waals surface area (Å²) in [5.41, 5.74) is 0.360. The summed E-state index contributed by atoms with van der Waals surface area (Å²) in [6, 6.07) is 8.43. The monoisotopic (exact) mass is 428 g/mol. The molecule has 0 bridgehead atoms. The van der Waals surface area contributed by atoms with Crippen LogP contribution < -0.4 is 10.6 Å². The SMILES string of the molecule is CC(C)[C@@H](NC(=O)c1ccco1)C(=O)OCC(=O)c1ccc(NC(=O)C(C)(C)C)cc1. The highest BCUT2D eigenvalue weighted by atomic mass is 16.5. The molecule has 0 saturated carbocycles. The number of Topliss-reactive ketones (excluding diaryl/α,β-unsaturated/α-hetero) is 1. The zero-order valence-electron chi connectivity index (χ0n) is 18.4. The highest BCUT2D eigenvalue weighted by Gasteiger charge is 2.27. The number of carbonyl (C=O) groups is 4. The minimum absolute atomic E-state index is 0.0770. The van der Waals surface area contributed by atoms with Crippen LogP contribution in [0.15, 0.2) is 47.1 Å². The number of furan rings is 1. The molecule has 0 fully saturated rings. The molecule has 1 aromatic carbocycles. The van der Waals surface area contributed by atoms with Crippen molar-refractivity contribution in [2.75, 3.05) is 11.9 Å². The molecule has 2 amide bonds. The van der Waals surface area contributed by atoms with Gasteiger partial charge >= 0.3 is 5.97 Å². The third-order valence-electron chi connectivity index (χ3n) is 4.44. The Balaban J connectivity index is 1.93. The zero-order chi connectivity index (χ0) is 23.2. The summed E-state index contributed by atoms with van der Waals surface area (Å²) in [5, 5.41) is 5.33. The minimum Gasteiger partial charge on any atom is -0.459 e. The number of ketones is 1. The Morgan fingerprint density at radius 1 is 1.03 bits per heavy atom. The van der Waals surface area contributed by atoms with E-state index in [9.17, 15) is 19.2 Å². The van der Waals surface area contributed by atoms with Crippen LogP contribution in [-0.2, 0) is 14.3 Å². The fourth-order valence-corrected chi connectivity index (χ4v) is 2.49. The van der Waals surface area contributed by atoms with Gasteiger partial charge in [-0.05, 0) is 42.3 Å². The van der Waals surface area contributed by atoms with E-state index in [4.69, 9.17) is 9.15 Å². The summed E-state index contributed by atoms with van der Waals surface area (Å²) in [7, 11) is 0. The Morgan fingerprint density at radius 2 is 1.68 bits per heavy atom. The van der Waals surface area contributed by atoms with Crippen molar-refractivity contribution in [2.45, 2.75) is 40.7 Å². The molecule has 0 aliphatic heterocycles. The first-order chi connectivity index (χ1) is 14.5. The topological polar surface area (TPSA) is 115 Å². The van der Waals surface area contributed by atoms with Crippen molar-refractivity contribution >= 4 is 29.3 Å². The number of hydrogen-bond acceptors (Lipinski definition) is 6. The van der Waals surface area contributed by atoms with Crippen molar-refractivity contribution < 1.29 is 28.3 Å². The first kappa shape index (κ1) is 23.9. The second-order valence-corrected chi connectivity index (χ2v) is 8.48.